The molecule has 148 valence electrons. The third-order valence-corrected chi connectivity index (χ3v) is 5.18. The highest BCUT2D eigenvalue weighted by Crippen LogP contribution is 2.47. The van der Waals surface area contributed by atoms with Crippen LogP contribution in [-0.2, 0) is 11.2 Å². The first kappa shape index (κ1) is 20.0. The number of fused-ring (bicyclic) bond motifs is 1. The number of anilines is 1. The summed E-state index contributed by atoms with van der Waals surface area (Å²) in [4.78, 5) is 14.4. The van der Waals surface area contributed by atoms with Gasteiger partial charge in [-0.2, -0.15) is 0 Å². The van der Waals surface area contributed by atoms with Gasteiger partial charge in [-0.25, -0.2) is 0 Å². The average molecular weight is 380 g/mol. The molecular weight excluding hydrogens is 350 g/mol. The summed E-state index contributed by atoms with van der Waals surface area (Å²) in [5.41, 5.74) is 6.12. The number of aryl methyl sites for hydroxylation is 1. The molecule has 0 aromatic heterocycles. The molecule has 0 radical (unpaired) electrons. The van der Waals surface area contributed by atoms with Crippen LogP contribution in [0.3, 0.4) is 0 Å². The fourth-order valence-corrected chi connectivity index (χ4v) is 3.84. The highest BCUT2D eigenvalue weighted by molar-refractivity contribution is 6.05. The topological polar surface area (TPSA) is 38.8 Å². The lowest BCUT2D eigenvalue weighted by Gasteiger charge is -2.20. The molecule has 2 aromatic rings. The van der Waals surface area contributed by atoms with Crippen molar-refractivity contribution in [1.29, 1.82) is 0 Å². The Kier molecular flexibility index (Phi) is 5.78. The van der Waals surface area contributed by atoms with Gasteiger partial charge >= 0.3 is 0 Å². The maximum absolute atomic E-state index is 12.5. The van der Waals surface area contributed by atoms with Crippen LogP contribution in [0.4, 0.5) is 5.69 Å². The summed E-state index contributed by atoms with van der Waals surface area (Å²) < 4.78 is 11.5. The van der Waals surface area contributed by atoms with Crippen molar-refractivity contribution in [3.8, 4) is 22.6 Å². The number of carbonyl (C=O) groups is 1. The van der Waals surface area contributed by atoms with Crippen LogP contribution < -0.4 is 14.4 Å². The maximum atomic E-state index is 12.5. The van der Waals surface area contributed by atoms with Crippen LogP contribution in [0.1, 0.15) is 37.5 Å². The fraction of sp³-hybridized carbons (Fsp3) is 0.375. The molecule has 0 atom stereocenters. The Hall–Kier alpha value is -2.75. The number of amides is 1. The van der Waals surface area contributed by atoms with E-state index in [1.54, 1.807) is 14.2 Å². The zero-order valence-electron chi connectivity index (χ0n) is 17.6. The molecule has 0 saturated carbocycles. The van der Waals surface area contributed by atoms with Crippen molar-refractivity contribution in [3.05, 3.63) is 47.0 Å². The molecule has 1 heterocycles. The van der Waals surface area contributed by atoms with Crippen LogP contribution in [0.25, 0.3) is 17.2 Å². The smallest absolute Gasteiger partial charge is 0.231 e. The van der Waals surface area contributed by atoms with Gasteiger partial charge in [0.1, 0.15) is 11.5 Å². The fourth-order valence-electron chi connectivity index (χ4n) is 3.84. The first-order valence-electron chi connectivity index (χ1n) is 9.78. The van der Waals surface area contributed by atoms with Gasteiger partial charge in [0.15, 0.2) is 0 Å². The summed E-state index contributed by atoms with van der Waals surface area (Å²) in [6.45, 7) is 9.03. The number of carbonyl (C=O) groups excluding carboxylic acids is 1. The maximum Gasteiger partial charge on any atom is 0.231 e. The number of ether oxygens (including phenoxy) is 2. The standard InChI is InChI=1S/C24H29NO3/c1-7-25-19-11-9-16(4)23(18(19)14-22(25)26)24-20(27-5)12-17(10-8-15(2)3)13-21(24)28-6/h8-13,15H,7,14H2,1-6H3. The van der Waals surface area contributed by atoms with Gasteiger partial charge in [-0.05, 0) is 60.2 Å². The van der Waals surface area contributed by atoms with Gasteiger partial charge in [0, 0.05) is 12.2 Å². The van der Waals surface area contributed by atoms with Crippen molar-refractivity contribution in [2.75, 3.05) is 25.7 Å². The molecule has 0 aliphatic carbocycles. The third kappa shape index (κ3) is 3.51. The van der Waals surface area contributed by atoms with Crippen molar-refractivity contribution in [2.45, 2.75) is 34.1 Å². The highest BCUT2D eigenvalue weighted by Gasteiger charge is 2.31. The summed E-state index contributed by atoms with van der Waals surface area (Å²) in [6, 6.07) is 8.18. The lowest BCUT2D eigenvalue weighted by molar-refractivity contribution is -0.117. The normalized spacial score (nSPS) is 13.5. The van der Waals surface area contributed by atoms with Crippen molar-refractivity contribution >= 4 is 17.7 Å². The van der Waals surface area contributed by atoms with Crippen LogP contribution >= 0.6 is 0 Å². The van der Waals surface area contributed by atoms with Crippen molar-refractivity contribution in [2.24, 2.45) is 5.92 Å². The molecule has 0 saturated heterocycles. The van der Waals surface area contributed by atoms with E-state index in [9.17, 15) is 4.79 Å². The Morgan fingerprint density at radius 3 is 2.29 bits per heavy atom. The van der Waals surface area contributed by atoms with Crippen molar-refractivity contribution in [3.63, 3.8) is 0 Å². The zero-order valence-corrected chi connectivity index (χ0v) is 17.6. The number of likely N-dealkylation sites (N-methyl/N-ethyl adjacent to an activating group) is 1. The Labute approximate surface area is 167 Å². The molecule has 0 unspecified atom stereocenters. The summed E-state index contributed by atoms with van der Waals surface area (Å²) in [6.07, 6.45) is 4.64. The first-order chi connectivity index (χ1) is 13.4. The number of hydrogen-bond donors (Lipinski definition) is 0. The Morgan fingerprint density at radius 2 is 1.75 bits per heavy atom. The quantitative estimate of drug-likeness (QED) is 0.687. The van der Waals surface area contributed by atoms with Gasteiger partial charge in [0.05, 0.1) is 26.2 Å². The van der Waals surface area contributed by atoms with Crippen LogP contribution in [0.5, 0.6) is 11.5 Å². The zero-order chi connectivity index (χ0) is 20.4. The molecule has 4 nitrogen and oxygen atoms in total. The molecule has 28 heavy (non-hydrogen) atoms. The molecule has 1 aliphatic heterocycles. The van der Waals surface area contributed by atoms with Gasteiger partial charge in [0.2, 0.25) is 5.91 Å². The summed E-state index contributed by atoms with van der Waals surface area (Å²) in [7, 11) is 3.35. The number of methoxy groups -OCH3 is 2. The van der Waals surface area contributed by atoms with E-state index in [-0.39, 0.29) is 5.91 Å². The predicted octanol–water partition coefficient (Wildman–Crippen LogP) is 5.26. The van der Waals surface area contributed by atoms with Gasteiger partial charge in [-0.15, -0.1) is 0 Å². The molecule has 3 rings (SSSR count). The minimum Gasteiger partial charge on any atom is -0.496 e. The summed E-state index contributed by atoms with van der Waals surface area (Å²) in [5.74, 6) is 2.10. The number of hydrogen-bond acceptors (Lipinski definition) is 3. The second-order valence-corrected chi connectivity index (χ2v) is 7.47. The van der Waals surface area contributed by atoms with Crippen LogP contribution in [0.15, 0.2) is 30.3 Å². The number of benzene rings is 2. The van der Waals surface area contributed by atoms with E-state index >= 15 is 0 Å². The van der Waals surface area contributed by atoms with E-state index in [4.69, 9.17) is 9.47 Å². The van der Waals surface area contributed by atoms with E-state index < -0.39 is 0 Å². The van der Waals surface area contributed by atoms with Crippen LogP contribution in [0.2, 0.25) is 0 Å². The van der Waals surface area contributed by atoms with Gasteiger partial charge in [0.25, 0.3) is 0 Å². The molecule has 1 aliphatic rings. The number of allylic oxidation sites excluding steroid dienone is 1. The lowest BCUT2D eigenvalue weighted by Crippen LogP contribution is -2.25. The number of nitrogens with zero attached hydrogens (tertiary/aromatic N) is 1. The highest BCUT2D eigenvalue weighted by atomic mass is 16.5. The number of rotatable bonds is 6. The Morgan fingerprint density at radius 1 is 1.11 bits per heavy atom. The minimum absolute atomic E-state index is 0.138. The first-order valence-corrected chi connectivity index (χ1v) is 9.78. The summed E-state index contributed by atoms with van der Waals surface area (Å²) >= 11 is 0. The van der Waals surface area contributed by atoms with E-state index in [1.807, 2.05) is 30.0 Å². The SMILES string of the molecule is CCN1C(=O)Cc2c1ccc(C)c2-c1c(OC)cc(C=CC(C)C)cc1OC. The Balaban J connectivity index is 2.25. The van der Waals surface area contributed by atoms with Gasteiger partial charge < -0.3 is 14.4 Å². The largest absolute Gasteiger partial charge is 0.496 e. The van der Waals surface area contributed by atoms with E-state index in [2.05, 4.69) is 39.0 Å². The summed E-state index contributed by atoms with van der Waals surface area (Å²) in [5, 5.41) is 0. The third-order valence-electron chi connectivity index (χ3n) is 5.18. The van der Waals surface area contributed by atoms with Crippen molar-refractivity contribution < 1.29 is 14.3 Å². The molecule has 4 heteroatoms. The van der Waals surface area contributed by atoms with E-state index in [0.29, 0.717) is 18.9 Å². The molecule has 0 bridgehead atoms. The van der Waals surface area contributed by atoms with E-state index in [0.717, 1.165) is 45.0 Å². The molecule has 1 amide bonds. The van der Waals surface area contributed by atoms with Gasteiger partial charge in [-0.3, -0.25) is 4.79 Å². The van der Waals surface area contributed by atoms with Crippen molar-refractivity contribution in [1.82, 2.24) is 0 Å². The predicted molar refractivity (Wildman–Crippen MR) is 115 cm³/mol. The molecule has 0 N–H and O–H groups in total. The average Bonchev–Trinajstić information content (AvgIpc) is 3.00. The second-order valence-electron chi connectivity index (χ2n) is 7.47. The molecule has 2 aromatic carbocycles. The molecule has 0 fully saturated rings. The Bertz CT molecular complexity index is 903. The van der Waals surface area contributed by atoms with Crippen LogP contribution in [-0.4, -0.2) is 26.7 Å². The second kappa shape index (κ2) is 8.09. The minimum atomic E-state index is 0.138. The lowest BCUT2D eigenvalue weighted by atomic mass is 9.91. The molecular formula is C24H29NO3. The van der Waals surface area contributed by atoms with Crippen LogP contribution in [0, 0.1) is 12.8 Å². The van der Waals surface area contributed by atoms with E-state index in [1.165, 1.54) is 0 Å². The van der Waals surface area contributed by atoms with Gasteiger partial charge in [-0.1, -0.05) is 32.1 Å². The molecule has 0 spiro atoms. The monoisotopic (exact) mass is 379 g/mol.